The summed E-state index contributed by atoms with van der Waals surface area (Å²) in [5.41, 5.74) is 0. The summed E-state index contributed by atoms with van der Waals surface area (Å²) in [6, 6.07) is 0. The summed E-state index contributed by atoms with van der Waals surface area (Å²) >= 11 is 1.06. The van der Waals surface area contributed by atoms with Crippen molar-refractivity contribution in [2.75, 3.05) is 0 Å². The maximum absolute atomic E-state index is 10.1. The van der Waals surface area contributed by atoms with Crippen LogP contribution in [0.15, 0.2) is 0 Å². The van der Waals surface area contributed by atoms with Crippen molar-refractivity contribution < 1.29 is 40.2 Å². The molecule has 0 aliphatic heterocycles. The van der Waals surface area contributed by atoms with Crippen molar-refractivity contribution in [3.8, 4) is 0 Å². The Hall–Kier alpha value is -0.936. The van der Waals surface area contributed by atoms with E-state index in [1.807, 2.05) is 0 Å². The van der Waals surface area contributed by atoms with Crippen molar-refractivity contribution in [3.63, 3.8) is 0 Å². The third kappa shape index (κ3) is 9.06. The van der Waals surface area contributed by atoms with Crippen molar-refractivity contribution in [1.82, 2.24) is 0 Å². The third-order valence-corrected chi connectivity index (χ3v) is 0.464. The van der Waals surface area contributed by atoms with E-state index in [1.54, 1.807) is 0 Å². The molecule has 0 radical (unpaired) electrons. The number of rotatable bonds is 1. The van der Waals surface area contributed by atoms with E-state index in [-0.39, 0.29) is 0 Å². The van der Waals surface area contributed by atoms with E-state index >= 15 is 0 Å². The van der Waals surface area contributed by atoms with E-state index < -0.39 is 17.7 Å². The molecule has 0 saturated carbocycles. The van der Waals surface area contributed by atoms with Gasteiger partial charge in [0.15, 0.2) is 0 Å². The molecule has 5 nitrogen and oxygen atoms in total. The van der Waals surface area contributed by atoms with Crippen molar-refractivity contribution >= 4 is 17.7 Å². The van der Waals surface area contributed by atoms with Crippen LogP contribution in [0.4, 0.5) is 0 Å². The van der Waals surface area contributed by atoms with Crippen LogP contribution in [-0.2, 0) is 40.2 Å². The molecule has 0 amide bonds. The van der Waals surface area contributed by atoms with Crippen LogP contribution in [0.5, 0.6) is 0 Å². The predicted molar refractivity (Wildman–Crippen MR) is 27.8 cm³/mol. The molecular weight excluding hydrogens is 191 g/mol. The summed E-state index contributed by atoms with van der Waals surface area (Å²) < 4.78 is 12.0. The maximum atomic E-state index is 10.1. The molecule has 0 N–H and O–H groups in total. The van der Waals surface area contributed by atoms with E-state index in [0.717, 1.165) is 24.3 Å². The van der Waals surface area contributed by atoms with Gasteiger partial charge in [0, 0.05) is 6.92 Å². The molecule has 0 atom stereocenters. The number of carbonyl (C=O) groups is 3. The number of ether oxygens (including phenoxy) is 1. The van der Waals surface area contributed by atoms with Gasteiger partial charge in [-0.3, -0.25) is 4.79 Å². The fraction of sp³-hybridized carbons (Fsp3) is 0.200. The van der Waals surface area contributed by atoms with Gasteiger partial charge in [0.05, 0.1) is 5.78 Å². The van der Waals surface area contributed by atoms with Gasteiger partial charge in [0.2, 0.25) is 5.97 Å². The molecule has 11 heavy (non-hydrogen) atoms. The monoisotopic (exact) mass is 196 g/mol. The van der Waals surface area contributed by atoms with E-state index in [1.165, 1.54) is 0 Å². The van der Waals surface area contributed by atoms with Gasteiger partial charge in [-0.15, -0.1) is 0 Å². The normalized spacial score (nSPS) is 6.91. The average Bonchev–Trinajstić information content (AvgIpc) is 1.90. The number of Topliss-reactive ketones (excluding diaryl/α,β-unsaturated/α-hetero) is 1. The van der Waals surface area contributed by atoms with Gasteiger partial charge < -0.3 is 14.3 Å². The van der Waals surface area contributed by atoms with Gasteiger partial charge in [-0.05, 0) is 0 Å². The third-order valence-electron chi connectivity index (χ3n) is 0.464. The van der Waals surface area contributed by atoms with Crippen LogP contribution >= 0.6 is 0 Å². The summed E-state index contributed by atoms with van der Waals surface area (Å²) in [6.45, 7) is 3.75. The summed E-state index contributed by atoms with van der Waals surface area (Å²) in [4.78, 5) is 30.0. The van der Waals surface area contributed by atoms with E-state index in [0.29, 0.717) is 0 Å². The predicted octanol–water partition coefficient (Wildman–Crippen LogP) is -0.642. The van der Waals surface area contributed by atoms with Gasteiger partial charge in [-0.2, -0.15) is 6.92 Å². The molecule has 0 spiro atoms. The van der Waals surface area contributed by atoms with E-state index in [9.17, 15) is 14.4 Å². The van der Waals surface area contributed by atoms with Gasteiger partial charge in [0.1, 0.15) is 0 Å². The van der Waals surface area contributed by atoms with E-state index in [4.69, 9.17) is 3.67 Å². The Morgan fingerprint density at radius 1 is 1.27 bits per heavy atom. The van der Waals surface area contributed by atoms with Crippen LogP contribution in [-0.4, -0.2) is 17.7 Å². The second-order valence-electron chi connectivity index (χ2n) is 1.30. The van der Waals surface area contributed by atoms with Crippen molar-refractivity contribution in [2.24, 2.45) is 0 Å². The Kier molecular flexibility index (Phi) is 8.29. The van der Waals surface area contributed by atoms with Crippen LogP contribution in [0.25, 0.3) is 0 Å². The molecule has 0 fully saturated rings. The summed E-state index contributed by atoms with van der Waals surface area (Å²) in [5, 5.41) is 0. The number of esters is 2. The average molecular weight is 196 g/mol. The molecule has 0 aromatic rings. The molecule has 0 bridgehead atoms. The van der Waals surface area contributed by atoms with Crippen LogP contribution in [0.1, 0.15) is 6.92 Å². The first-order chi connectivity index (χ1) is 5.04. The Morgan fingerprint density at radius 3 is 1.73 bits per heavy atom. The van der Waals surface area contributed by atoms with E-state index in [2.05, 4.69) is 11.7 Å². The summed E-state index contributed by atoms with van der Waals surface area (Å²) in [5.74, 6) is -3.05. The first-order valence-electron chi connectivity index (χ1n) is 2.31. The number of carbonyl (C=O) groups excluding carboxylic acids is 3. The number of hydrogen-bond acceptors (Lipinski definition) is 5. The zero-order valence-corrected chi connectivity index (χ0v) is 7.09. The van der Waals surface area contributed by atoms with Crippen molar-refractivity contribution in [1.29, 1.82) is 0 Å². The molecule has 0 aromatic heterocycles. The molecule has 0 rings (SSSR count). The molecule has 0 aliphatic rings. The Bertz CT molecular complexity index is 176. The second-order valence-corrected chi connectivity index (χ2v) is 1.30. The Labute approximate surface area is 72.3 Å². The molecule has 0 aromatic carbocycles. The Balaban J connectivity index is 0. The Morgan fingerprint density at radius 2 is 1.64 bits per heavy atom. The summed E-state index contributed by atoms with van der Waals surface area (Å²) in [7, 11) is 0. The zero-order chi connectivity index (χ0) is 9.44. The van der Waals surface area contributed by atoms with Gasteiger partial charge in [0.25, 0.3) is 5.97 Å². The first-order valence-corrected chi connectivity index (χ1v) is 2.88. The summed E-state index contributed by atoms with van der Waals surface area (Å²) in [6.07, 6.45) is 0. The topological polar surface area (TPSA) is 77.5 Å². The fourth-order valence-corrected chi connectivity index (χ4v) is 0.187. The van der Waals surface area contributed by atoms with Crippen LogP contribution < -0.4 is 0 Å². The SMILES string of the molecule is [CH2-]C(=O)C(=O)OC(C)=O.[O]=[V]. The molecular formula is C5H5O5V-. The minimum atomic E-state index is -1.22. The quantitative estimate of drug-likeness (QED) is 0.241. The van der Waals surface area contributed by atoms with Crippen molar-refractivity contribution in [3.05, 3.63) is 6.92 Å². The van der Waals surface area contributed by atoms with Crippen LogP contribution in [0.2, 0.25) is 0 Å². The molecule has 0 unspecified atom stereocenters. The number of ketones is 1. The number of hydrogen-bond donors (Lipinski definition) is 0. The molecule has 6 heteroatoms. The molecule has 0 aliphatic carbocycles. The minimum absolute atomic E-state index is 0.808. The molecule has 61 valence electrons. The van der Waals surface area contributed by atoms with Crippen molar-refractivity contribution in [2.45, 2.75) is 6.92 Å². The van der Waals surface area contributed by atoms with Gasteiger partial charge >= 0.3 is 21.0 Å². The standard InChI is InChI=1S/C5H5O4.O.V/c1-3(6)5(8)9-4(2)7;;/h1H2,2H3;;/q-1;;. The first kappa shape index (κ1) is 12.7. The fourth-order valence-electron chi connectivity index (χ4n) is 0.187. The second kappa shape index (κ2) is 7.17. The van der Waals surface area contributed by atoms with Crippen LogP contribution in [0.3, 0.4) is 0 Å². The van der Waals surface area contributed by atoms with Crippen LogP contribution in [0, 0.1) is 6.92 Å². The zero-order valence-electron chi connectivity index (χ0n) is 5.70. The molecule has 0 saturated heterocycles. The molecule has 0 heterocycles. The van der Waals surface area contributed by atoms with Gasteiger partial charge in [-0.25, -0.2) is 0 Å². The van der Waals surface area contributed by atoms with Gasteiger partial charge in [-0.1, -0.05) is 0 Å².